The molecule has 1 amide bonds. The molecule has 1 fully saturated rings. The van der Waals surface area contributed by atoms with E-state index < -0.39 is 0 Å². The highest BCUT2D eigenvalue weighted by atomic mass is 16.5. The van der Waals surface area contributed by atoms with Gasteiger partial charge in [-0.15, -0.1) is 5.10 Å². The molecular weight excluding hydrogens is 420 g/mol. The lowest BCUT2D eigenvalue weighted by Crippen LogP contribution is -2.38. The Morgan fingerprint density at radius 2 is 2.06 bits per heavy atom. The first-order valence-corrected chi connectivity index (χ1v) is 11.4. The number of nitrogens with one attached hydrogen (secondary N) is 1. The molecule has 0 saturated carbocycles. The van der Waals surface area contributed by atoms with E-state index in [1.807, 2.05) is 44.2 Å². The van der Waals surface area contributed by atoms with E-state index in [-0.39, 0.29) is 12.3 Å². The minimum absolute atomic E-state index is 0.108. The molecule has 0 atom stereocenters. The summed E-state index contributed by atoms with van der Waals surface area (Å²) >= 11 is 0. The summed E-state index contributed by atoms with van der Waals surface area (Å²) in [5, 5.41) is 7.33. The van der Waals surface area contributed by atoms with Gasteiger partial charge in [-0.2, -0.15) is 4.98 Å². The average molecular weight is 453 g/mol. The molecule has 3 heterocycles. The predicted molar refractivity (Wildman–Crippen MR) is 124 cm³/mol. The van der Waals surface area contributed by atoms with Gasteiger partial charge in [-0.1, -0.05) is 12.1 Å². The van der Waals surface area contributed by atoms with Gasteiger partial charge in [0.15, 0.2) is 5.82 Å². The van der Waals surface area contributed by atoms with E-state index in [0.717, 1.165) is 55.3 Å². The van der Waals surface area contributed by atoms with Crippen molar-refractivity contribution in [3.63, 3.8) is 0 Å². The minimum atomic E-state index is -0.135. The van der Waals surface area contributed by atoms with E-state index in [9.17, 15) is 4.79 Å². The van der Waals surface area contributed by atoms with Crippen molar-refractivity contribution in [3.8, 4) is 5.75 Å². The van der Waals surface area contributed by atoms with Crippen LogP contribution < -0.4 is 10.1 Å². The van der Waals surface area contributed by atoms with E-state index in [1.165, 1.54) is 0 Å². The van der Waals surface area contributed by atoms with Gasteiger partial charge in [0.05, 0.1) is 6.42 Å². The van der Waals surface area contributed by atoms with Crippen LogP contribution in [0.2, 0.25) is 0 Å². The Kier molecular flexibility index (Phi) is 7.51. The molecule has 1 saturated heterocycles. The van der Waals surface area contributed by atoms with Crippen molar-refractivity contribution in [2.75, 3.05) is 33.4 Å². The first-order valence-electron chi connectivity index (χ1n) is 11.4. The molecule has 33 heavy (non-hydrogen) atoms. The lowest BCUT2D eigenvalue weighted by atomic mass is 10.1. The number of aromatic nitrogens is 4. The molecule has 9 nitrogen and oxygen atoms in total. The Bertz CT molecular complexity index is 1090. The fraction of sp³-hybridized carbons (Fsp3) is 0.500. The number of ether oxygens (including phenoxy) is 2. The maximum atomic E-state index is 12.4. The topological polar surface area (TPSA) is 93.9 Å². The second-order valence-corrected chi connectivity index (χ2v) is 8.55. The van der Waals surface area contributed by atoms with Crippen molar-refractivity contribution in [1.29, 1.82) is 0 Å². The smallest absolute Gasteiger partial charge is 0.252 e. The zero-order valence-electron chi connectivity index (χ0n) is 19.6. The standard InChI is InChI=1S/C24H32N6O3/c1-17-13-18(2)30-24(26-17)27-22(28-30)15-23(31)25-16-19-5-4-6-21(14-19)33-12-9-29(3)20-7-10-32-11-8-20/h4-6,13-14,20H,7-12,15-16H2,1-3H3,(H,25,31). The van der Waals surface area contributed by atoms with Gasteiger partial charge in [0.2, 0.25) is 5.91 Å². The summed E-state index contributed by atoms with van der Waals surface area (Å²) in [6.45, 7) is 7.44. The van der Waals surface area contributed by atoms with Gasteiger partial charge in [0.25, 0.3) is 5.78 Å². The Morgan fingerprint density at radius 3 is 2.88 bits per heavy atom. The molecule has 1 aromatic carbocycles. The van der Waals surface area contributed by atoms with Crippen LogP contribution in [0.5, 0.6) is 5.75 Å². The summed E-state index contributed by atoms with van der Waals surface area (Å²) in [7, 11) is 2.14. The Balaban J connectivity index is 1.24. The van der Waals surface area contributed by atoms with E-state index in [1.54, 1.807) is 4.52 Å². The fourth-order valence-corrected chi connectivity index (χ4v) is 4.05. The van der Waals surface area contributed by atoms with E-state index in [4.69, 9.17) is 9.47 Å². The number of aryl methyl sites for hydroxylation is 2. The highest BCUT2D eigenvalue weighted by Gasteiger charge is 2.18. The van der Waals surface area contributed by atoms with Crippen molar-refractivity contribution in [3.05, 3.63) is 53.1 Å². The molecule has 3 aromatic rings. The molecule has 1 aliphatic heterocycles. The quantitative estimate of drug-likeness (QED) is 0.531. The first-order chi connectivity index (χ1) is 16.0. The third-order valence-corrected chi connectivity index (χ3v) is 5.90. The molecule has 1 N–H and O–H groups in total. The summed E-state index contributed by atoms with van der Waals surface area (Å²) < 4.78 is 13.0. The molecule has 176 valence electrons. The van der Waals surface area contributed by atoms with E-state index in [0.29, 0.717) is 30.8 Å². The minimum Gasteiger partial charge on any atom is -0.492 e. The predicted octanol–water partition coefficient (Wildman–Crippen LogP) is 2.09. The molecular formula is C24H32N6O3. The van der Waals surface area contributed by atoms with Gasteiger partial charge in [-0.3, -0.25) is 9.69 Å². The van der Waals surface area contributed by atoms with Crippen molar-refractivity contribution in [2.24, 2.45) is 0 Å². The molecule has 9 heteroatoms. The van der Waals surface area contributed by atoms with Crippen molar-refractivity contribution in [1.82, 2.24) is 29.8 Å². The van der Waals surface area contributed by atoms with Crippen LogP contribution in [-0.2, 0) is 22.5 Å². The highest BCUT2D eigenvalue weighted by molar-refractivity contribution is 5.77. The number of rotatable bonds is 9. The van der Waals surface area contributed by atoms with Crippen molar-refractivity contribution < 1.29 is 14.3 Å². The summed E-state index contributed by atoms with van der Waals surface area (Å²) in [4.78, 5) is 23.5. The molecule has 0 radical (unpaired) electrons. The summed E-state index contributed by atoms with van der Waals surface area (Å²) in [5.74, 6) is 1.65. The molecule has 0 aliphatic carbocycles. The second kappa shape index (κ2) is 10.7. The van der Waals surface area contributed by atoms with Crippen LogP contribution in [-0.4, -0.2) is 69.8 Å². The van der Waals surface area contributed by atoms with Crippen molar-refractivity contribution in [2.45, 2.75) is 45.7 Å². The third-order valence-electron chi connectivity index (χ3n) is 5.90. The molecule has 0 bridgehead atoms. The third kappa shape index (κ3) is 6.27. The zero-order valence-corrected chi connectivity index (χ0v) is 19.6. The van der Waals surface area contributed by atoms with Gasteiger partial charge >= 0.3 is 0 Å². The Hall–Kier alpha value is -3.04. The summed E-state index contributed by atoms with van der Waals surface area (Å²) in [6.07, 6.45) is 2.26. The normalized spacial score (nSPS) is 14.7. The number of carbonyl (C=O) groups excluding carboxylic acids is 1. The Morgan fingerprint density at radius 1 is 1.24 bits per heavy atom. The maximum absolute atomic E-state index is 12.4. The molecule has 4 rings (SSSR count). The van der Waals surface area contributed by atoms with Crippen LogP contribution in [0.1, 0.15) is 35.6 Å². The molecule has 2 aromatic heterocycles. The maximum Gasteiger partial charge on any atom is 0.252 e. The number of likely N-dealkylation sites (N-methyl/N-ethyl adjacent to an activating group) is 1. The highest BCUT2D eigenvalue weighted by Crippen LogP contribution is 2.15. The van der Waals surface area contributed by atoms with Gasteiger partial charge in [-0.05, 0) is 57.5 Å². The van der Waals surface area contributed by atoms with Gasteiger partial charge in [0.1, 0.15) is 12.4 Å². The van der Waals surface area contributed by atoms with Crippen LogP contribution in [0.4, 0.5) is 0 Å². The number of hydrogen-bond donors (Lipinski definition) is 1. The number of benzene rings is 1. The average Bonchev–Trinajstić information content (AvgIpc) is 3.21. The fourth-order valence-electron chi connectivity index (χ4n) is 4.05. The summed E-state index contributed by atoms with van der Waals surface area (Å²) in [5.41, 5.74) is 2.79. The SMILES string of the molecule is Cc1cc(C)n2nc(CC(=O)NCc3cccc(OCCN(C)C4CCOCC4)c3)nc2n1. The Labute approximate surface area is 194 Å². The molecule has 0 spiro atoms. The second-order valence-electron chi connectivity index (χ2n) is 8.55. The lowest BCUT2D eigenvalue weighted by Gasteiger charge is -2.31. The van der Waals surface area contributed by atoms with Gasteiger partial charge < -0.3 is 14.8 Å². The molecule has 1 aliphatic rings. The van der Waals surface area contributed by atoms with Crippen LogP contribution in [0.25, 0.3) is 5.78 Å². The summed E-state index contributed by atoms with van der Waals surface area (Å²) in [6, 6.07) is 10.3. The number of carbonyl (C=O) groups is 1. The van der Waals surface area contributed by atoms with Gasteiger partial charge in [0, 0.05) is 43.7 Å². The van der Waals surface area contributed by atoms with E-state index in [2.05, 4.69) is 32.3 Å². The number of amides is 1. The zero-order chi connectivity index (χ0) is 23.2. The molecule has 0 unspecified atom stereocenters. The van der Waals surface area contributed by atoms with Crippen LogP contribution in [0.3, 0.4) is 0 Å². The van der Waals surface area contributed by atoms with Crippen LogP contribution >= 0.6 is 0 Å². The monoisotopic (exact) mass is 452 g/mol. The number of hydrogen-bond acceptors (Lipinski definition) is 7. The number of nitrogens with zero attached hydrogens (tertiary/aromatic N) is 5. The lowest BCUT2D eigenvalue weighted by molar-refractivity contribution is -0.120. The number of fused-ring (bicyclic) bond motifs is 1. The first kappa shape index (κ1) is 23.1. The van der Waals surface area contributed by atoms with Crippen molar-refractivity contribution >= 4 is 11.7 Å². The van der Waals surface area contributed by atoms with Gasteiger partial charge in [-0.25, -0.2) is 9.50 Å². The largest absolute Gasteiger partial charge is 0.492 e. The van der Waals surface area contributed by atoms with E-state index >= 15 is 0 Å². The van der Waals surface area contributed by atoms with Crippen LogP contribution in [0.15, 0.2) is 30.3 Å². The van der Waals surface area contributed by atoms with Crippen LogP contribution in [0, 0.1) is 13.8 Å².